The highest BCUT2D eigenvalue weighted by molar-refractivity contribution is 5.94. The smallest absolute Gasteiger partial charge is 0.253 e. The minimum Gasteiger partial charge on any atom is -0.377 e. The molecule has 2 N–H and O–H groups in total. The van der Waals surface area contributed by atoms with Crippen molar-refractivity contribution in [1.29, 1.82) is 0 Å². The van der Waals surface area contributed by atoms with E-state index in [-0.39, 0.29) is 12.0 Å². The van der Waals surface area contributed by atoms with Crippen LogP contribution < -0.4 is 5.73 Å². The Morgan fingerprint density at radius 2 is 1.82 bits per heavy atom. The number of hydrogen-bond acceptors (Lipinski definition) is 4. The number of carbonyl (C=O) groups is 1. The maximum atomic E-state index is 12.5. The molecule has 1 amide bonds. The summed E-state index contributed by atoms with van der Waals surface area (Å²) in [6.07, 6.45) is 0.277. The molecule has 122 valence electrons. The zero-order chi connectivity index (χ0) is 15.9. The van der Waals surface area contributed by atoms with E-state index in [4.69, 9.17) is 10.5 Å². The van der Waals surface area contributed by atoms with Gasteiger partial charge in [0.25, 0.3) is 5.91 Å². The summed E-state index contributed by atoms with van der Waals surface area (Å²) in [7, 11) is 0. The molecule has 0 spiro atoms. The molecule has 1 saturated heterocycles. The standard InChI is InChI=1S/C17H27N3O2/c1-14(2)22-12-11-19-7-9-20(10-8-19)17(21)16-5-3-15(13-18)4-6-16/h3-6,14H,7-13,18H2,1-2H3. The van der Waals surface area contributed by atoms with Crippen LogP contribution >= 0.6 is 0 Å². The lowest BCUT2D eigenvalue weighted by molar-refractivity contribution is 0.0407. The topological polar surface area (TPSA) is 58.8 Å². The molecule has 0 aromatic heterocycles. The van der Waals surface area contributed by atoms with Gasteiger partial charge in [-0.25, -0.2) is 0 Å². The summed E-state index contributed by atoms with van der Waals surface area (Å²) in [6, 6.07) is 7.58. The summed E-state index contributed by atoms with van der Waals surface area (Å²) in [5.41, 5.74) is 7.37. The van der Waals surface area contributed by atoms with Gasteiger partial charge in [0.15, 0.2) is 0 Å². The normalized spacial score (nSPS) is 16.3. The van der Waals surface area contributed by atoms with E-state index < -0.39 is 0 Å². The third kappa shape index (κ3) is 4.80. The number of ether oxygens (including phenoxy) is 1. The van der Waals surface area contributed by atoms with E-state index in [0.29, 0.717) is 6.54 Å². The molecule has 22 heavy (non-hydrogen) atoms. The van der Waals surface area contributed by atoms with Crippen LogP contribution in [0.2, 0.25) is 0 Å². The first-order valence-electron chi connectivity index (χ1n) is 8.02. The van der Waals surface area contributed by atoms with Gasteiger partial charge in [-0.1, -0.05) is 12.1 Å². The van der Waals surface area contributed by atoms with Crippen LogP contribution in [-0.2, 0) is 11.3 Å². The monoisotopic (exact) mass is 305 g/mol. The van der Waals surface area contributed by atoms with Crippen molar-refractivity contribution in [1.82, 2.24) is 9.80 Å². The van der Waals surface area contributed by atoms with Gasteiger partial charge in [0.1, 0.15) is 0 Å². The van der Waals surface area contributed by atoms with E-state index in [1.807, 2.05) is 43.0 Å². The average molecular weight is 305 g/mol. The van der Waals surface area contributed by atoms with Crippen molar-refractivity contribution in [2.24, 2.45) is 5.73 Å². The fourth-order valence-corrected chi connectivity index (χ4v) is 2.56. The summed E-state index contributed by atoms with van der Waals surface area (Å²) in [4.78, 5) is 16.7. The van der Waals surface area contributed by atoms with Crippen LogP contribution in [0.15, 0.2) is 24.3 Å². The van der Waals surface area contributed by atoms with Crippen molar-refractivity contribution >= 4 is 5.91 Å². The van der Waals surface area contributed by atoms with E-state index in [0.717, 1.165) is 50.5 Å². The van der Waals surface area contributed by atoms with Crippen LogP contribution in [0.4, 0.5) is 0 Å². The Hall–Kier alpha value is -1.43. The largest absolute Gasteiger partial charge is 0.377 e. The predicted octanol–water partition coefficient (Wildman–Crippen LogP) is 1.33. The van der Waals surface area contributed by atoms with Crippen LogP contribution in [0, 0.1) is 0 Å². The summed E-state index contributed by atoms with van der Waals surface area (Å²) in [5, 5.41) is 0. The molecule has 2 rings (SSSR count). The second-order valence-corrected chi connectivity index (χ2v) is 5.95. The predicted molar refractivity (Wildman–Crippen MR) is 87.8 cm³/mol. The van der Waals surface area contributed by atoms with Crippen molar-refractivity contribution in [3.05, 3.63) is 35.4 Å². The number of carbonyl (C=O) groups excluding carboxylic acids is 1. The van der Waals surface area contributed by atoms with Crippen LogP contribution in [0.3, 0.4) is 0 Å². The van der Waals surface area contributed by atoms with Gasteiger partial charge in [-0.2, -0.15) is 0 Å². The molecule has 1 fully saturated rings. The van der Waals surface area contributed by atoms with Gasteiger partial charge in [0.2, 0.25) is 0 Å². The maximum Gasteiger partial charge on any atom is 0.253 e. The van der Waals surface area contributed by atoms with E-state index in [2.05, 4.69) is 4.90 Å². The number of hydrogen-bond donors (Lipinski definition) is 1. The number of rotatable bonds is 6. The molecule has 5 heteroatoms. The quantitative estimate of drug-likeness (QED) is 0.861. The highest BCUT2D eigenvalue weighted by Crippen LogP contribution is 2.10. The number of piperazine rings is 1. The summed E-state index contributed by atoms with van der Waals surface area (Å²) < 4.78 is 5.58. The molecule has 1 aliphatic heterocycles. The van der Waals surface area contributed by atoms with Gasteiger partial charge in [-0.05, 0) is 31.5 Å². The zero-order valence-corrected chi connectivity index (χ0v) is 13.6. The minimum atomic E-state index is 0.113. The fraction of sp³-hybridized carbons (Fsp3) is 0.588. The molecule has 0 unspecified atom stereocenters. The minimum absolute atomic E-state index is 0.113. The van der Waals surface area contributed by atoms with Gasteiger partial charge in [-0.15, -0.1) is 0 Å². The Morgan fingerprint density at radius 1 is 1.18 bits per heavy atom. The summed E-state index contributed by atoms with van der Waals surface area (Å²) >= 11 is 0. The van der Waals surface area contributed by atoms with Crippen LogP contribution in [0.25, 0.3) is 0 Å². The van der Waals surface area contributed by atoms with Crippen LogP contribution in [0.5, 0.6) is 0 Å². The van der Waals surface area contributed by atoms with Gasteiger partial charge < -0.3 is 15.4 Å². The molecule has 0 bridgehead atoms. The second-order valence-electron chi connectivity index (χ2n) is 5.95. The molecule has 0 radical (unpaired) electrons. The molecule has 1 aromatic carbocycles. The number of nitrogens with two attached hydrogens (primary N) is 1. The Morgan fingerprint density at radius 3 is 2.36 bits per heavy atom. The van der Waals surface area contributed by atoms with Crippen LogP contribution in [0.1, 0.15) is 29.8 Å². The lowest BCUT2D eigenvalue weighted by Gasteiger charge is -2.34. The third-order valence-corrected chi connectivity index (χ3v) is 3.95. The van der Waals surface area contributed by atoms with E-state index in [1.54, 1.807) is 0 Å². The Bertz CT molecular complexity index is 465. The number of benzene rings is 1. The van der Waals surface area contributed by atoms with Crippen molar-refractivity contribution < 1.29 is 9.53 Å². The third-order valence-electron chi connectivity index (χ3n) is 3.95. The lowest BCUT2D eigenvalue weighted by atomic mass is 10.1. The Balaban J connectivity index is 1.79. The van der Waals surface area contributed by atoms with E-state index >= 15 is 0 Å². The molecule has 5 nitrogen and oxygen atoms in total. The Labute approximate surface area is 133 Å². The van der Waals surface area contributed by atoms with Crippen LogP contribution in [-0.4, -0.2) is 61.1 Å². The van der Waals surface area contributed by atoms with E-state index in [1.165, 1.54) is 0 Å². The average Bonchev–Trinajstić information content (AvgIpc) is 2.54. The van der Waals surface area contributed by atoms with Crippen molar-refractivity contribution in [2.45, 2.75) is 26.5 Å². The van der Waals surface area contributed by atoms with E-state index in [9.17, 15) is 4.79 Å². The molecule has 0 atom stereocenters. The molecule has 1 aliphatic rings. The first-order valence-corrected chi connectivity index (χ1v) is 8.02. The molecule has 1 aromatic rings. The molecule has 1 heterocycles. The second kappa shape index (κ2) is 8.27. The number of nitrogens with zero attached hydrogens (tertiary/aromatic N) is 2. The first kappa shape index (κ1) is 16.9. The highest BCUT2D eigenvalue weighted by atomic mass is 16.5. The fourth-order valence-electron chi connectivity index (χ4n) is 2.56. The summed E-state index contributed by atoms with van der Waals surface area (Å²) in [6.45, 7) is 9.67. The molecule has 0 aliphatic carbocycles. The number of amides is 1. The molecular weight excluding hydrogens is 278 g/mol. The Kier molecular flexibility index (Phi) is 6.36. The SMILES string of the molecule is CC(C)OCCN1CCN(C(=O)c2ccc(CN)cc2)CC1. The van der Waals surface area contributed by atoms with Gasteiger partial charge in [0, 0.05) is 44.8 Å². The van der Waals surface area contributed by atoms with Gasteiger partial charge in [0.05, 0.1) is 12.7 Å². The lowest BCUT2D eigenvalue weighted by Crippen LogP contribution is -2.49. The first-order chi connectivity index (χ1) is 10.6. The zero-order valence-electron chi connectivity index (χ0n) is 13.6. The summed E-state index contributed by atoms with van der Waals surface area (Å²) in [5.74, 6) is 0.113. The highest BCUT2D eigenvalue weighted by Gasteiger charge is 2.21. The molecule has 0 saturated carbocycles. The van der Waals surface area contributed by atoms with Crippen molar-refractivity contribution in [3.8, 4) is 0 Å². The van der Waals surface area contributed by atoms with Crippen molar-refractivity contribution in [3.63, 3.8) is 0 Å². The molecular formula is C17H27N3O2. The maximum absolute atomic E-state index is 12.5. The van der Waals surface area contributed by atoms with Gasteiger partial charge >= 0.3 is 0 Å². The van der Waals surface area contributed by atoms with Crippen molar-refractivity contribution in [2.75, 3.05) is 39.3 Å². The van der Waals surface area contributed by atoms with Gasteiger partial charge in [-0.3, -0.25) is 9.69 Å².